The number of aliphatic hydroxyl groups is 1. The molecule has 3 heteroatoms. The molecule has 0 aliphatic heterocycles. The summed E-state index contributed by atoms with van der Waals surface area (Å²) in [5.74, 6) is -0.693. The molecule has 21 heavy (non-hydrogen) atoms. The van der Waals surface area contributed by atoms with Gasteiger partial charge in [0.05, 0.1) is 6.10 Å². The fraction of sp³-hybridized carbons (Fsp3) is 0.722. The quantitative estimate of drug-likeness (QED) is 0.355. The molecule has 122 valence electrons. The van der Waals surface area contributed by atoms with Crippen LogP contribution < -0.4 is 0 Å². The zero-order valence-electron chi connectivity index (χ0n) is 13.5. The van der Waals surface area contributed by atoms with Crippen LogP contribution in [0.25, 0.3) is 0 Å². The van der Waals surface area contributed by atoms with E-state index in [0.29, 0.717) is 6.42 Å². The van der Waals surface area contributed by atoms with Crippen LogP contribution in [0.3, 0.4) is 0 Å². The third-order valence-corrected chi connectivity index (χ3v) is 3.45. The van der Waals surface area contributed by atoms with Gasteiger partial charge < -0.3 is 10.2 Å². The van der Waals surface area contributed by atoms with Crippen LogP contribution >= 0.6 is 0 Å². The standard InChI is InChI=1S/C18H32O3/c1-2-3-11-14-17(19)15-12-9-7-5-4-6-8-10-13-16-18(20)21/h7,9,12,15,17,19H,2-6,8,10-11,13-14,16H2,1H3,(H,20,21)/b9-7?,15-12+/t17-/m0/s1. The van der Waals surface area contributed by atoms with Gasteiger partial charge in [0.15, 0.2) is 0 Å². The second-order valence-corrected chi connectivity index (χ2v) is 5.58. The van der Waals surface area contributed by atoms with Gasteiger partial charge in [-0.25, -0.2) is 0 Å². The molecule has 2 N–H and O–H groups in total. The van der Waals surface area contributed by atoms with E-state index in [1.807, 2.05) is 18.2 Å². The van der Waals surface area contributed by atoms with E-state index in [0.717, 1.165) is 51.4 Å². The second-order valence-electron chi connectivity index (χ2n) is 5.58. The van der Waals surface area contributed by atoms with Crippen molar-refractivity contribution < 1.29 is 15.0 Å². The first-order valence-corrected chi connectivity index (χ1v) is 8.40. The number of aliphatic hydroxyl groups excluding tert-OH is 1. The smallest absolute Gasteiger partial charge is 0.303 e. The molecule has 0 aromatic rings. The van der Waals surface area contributed by atoms with E-state index in [2.05, 4.69) is 13.0 Å². The molecule has 0 heterocycles. The lowest BCUT2D eigenvalue weighted by molar-refractivity contribution is -0.137. The number of carboxylic acid groups (broad SMARTS) is 1. The van der Waals surface area contributed by atoms with Crippen molar-refractivity contribution >= 4 is 5.97 Å². The van der Waals surface area contributed by atoms with Crippen LogP contribution in [0.4, 0.5) is 0 Å². The summed E-state index contributed by atoms with van der Waals surface area (Å²) in [6.45, 7) is 2.16. The summed E-state index contributed by atoms with van der Waals surface area (Å²) in [5, 5.41) is 18.2. The molecule has 1 atom stereocenters. The lowest BCUT2D eigenvalue weighted by Gasteiger charge is -2.03. The molecule has 0 aliphatic rings. The van der Waals surface area contributed by atoms with Crippen molar-refractivity contribution in [2.45, 2.75) is 83.7 Å². The number of aliphatic carboxylic acids is 1. The van der Waals surface area contributed by atoms with Gasteiger partial charge in [0.2, 0.25) is 0 Å². The minimum atomic E-state index is -0.693. The van der Waals surface area contributed by atoms with Crippen LogP contribution in [0.2, 0.25) is 0 Å². The maximum absolute atomic E-state index is 10.3. The second kappa shape index (κ2) is 15.3. The van der Waals surface area contributed by atoms with Crippen LogP contribution in [0.15, 0.2) is 24.3 Å². The average Bonchev–Trinajstić information content (AvgIpc) is 2.44. The van der Waals surface area contributed by atoms with Crippen molar-refractivity contribution in [2.24, 2.45) is 0 Å². The molecule has 0 aromatic carbocycles. The summed E-state index contributed by atoms with van der Waals surface area (Å²) < 4.78 is 0. The summed E-state index contributed by atoms with van der Waals surface area (Å²) >= 11 is 0. The van der Waals surface area contributed by atoms with E-state index < -0.39 is 5.97 Å². The summed E-state index contributed by atoms with van der Waals surface area (Å²) in [6.07, 6.45) is 18.5. The number of hydrogen-bond donors (Lipinski definition) is 2. The first-order valence-electron chi connectivity index (χ1n) is 8.40. The molecule has 0 bridgehead atoms. The number of carbonyl (C=O) groups is 1. The summed E-state index contributed by atoms with van der Waals surface area (Å²) in [6, 6.07) is 0. The van der Waals surface area contributed by atoms with Gasteiger partial charge in [0, 0.05) is 6.42 Å². The highest BCUT2D eigenvalue weighted by molar-refractivity contribution is 5.66. The number of unbranched alkanes of at least 4 members (excludes halogenated alkanes) is 7. The van der Waals surface area contributed by atoms with Gasteiger partial charge in [0.1, 0.15) is 0 Å². The zero-order valence-corrected chi connectivity index (χ0v) is 13.5. The number of carboxylic acids is 1. The molecule has 0 saturated heterocycles. The summed E-state index contributed by atoms with van der Waals surface area (Å²) in [5.41, 5.74) is 0. The van der Waals surface area contributed by atoms with Gasteiger partial charge in [0.25, 0.3) is 0 Å². The predicted octanol–water partition coefficient (Wildman–Crippen LogP) is 4.86. The first-order chi connectivity index (χ1) is 10.2. The summed E-state index contributed by atoms with van der Waals surface area (Å²) in [4.78, 5) is 10.3. The van der Waals surface area contributed by atoms with E-state index in [9.17, 15) is 9.90 Å². The minimum absolute atomic E-state index is 0.297. The van der Waals surface area contributed by atoms with Gasteiger partial charge >= 0.3 is 5.97 Å². The van der Waals surface area contributed by atoms with E-state index in [1.54, 1.807) is 0 Å². The minimum Gasteiger partial charge on any atom is -0.481 e. The van der Waals surface area contributed by atoms with Crippen LogP contribution in [0.5, 0.6) is 0 Å². The third kappa shape index (κ3) is 16.9. The van der Waals surface area contributed by atoms with Crippen molar-refractivity contribution in [3.63, 3.8) is 0 Å². The Morgan fingerprint density at radius 2 is 1.71 bits per heavy atom. The van der Waals surface area contributed by atoms with Gasteiger partial charge in [-0.1, -0.05) is 69.8 Å². The number of rotatable bonds is 14. The van der Waals surface area contributed by atoms with Gasteiger partial charge in [-0.3, -0.25) is 4.79 Å². The molecule has 0 saturated carbocycles. The Bertz CT molecular complexity index is 295. The van der Waals surface area contributed by atoms with Crippen molar-refractivity contribution in [3.05, 3.63) is 24.3 Å². The van der Waals surface area contributed by atoms with Gasteiger partial charge in [-0.05, 0) is 25.7 Å². The van der Waals surface area contributed by atoms with Gasteiger partial charge in [-0.2, -0.15) is 0 Å². The molecular formula is C18H32O3. The molecule has 0 aliphatic carbocycles. The molecule has 0 spiro atoms. The topological polar surface area (TPSA) is 57.5 Å². The Morgan fingerprint density at radius 1 is 1.00 bits per heavy atom. The molecule has 3 nitrogen and oxygen atoms in total. The highest BCUT2D eigenvalue weighted by atomic mass is 16.4. The summed E-state index contributed by atoms with van der Waals surface area (Å²) in [7, 11) is 0. The molecule has 0 aromatic heterocycles. The molecule has 0 amide bonds. The average molecular weight is 296 g/mol. The van der Waals surface area contributed by atoms with Crippen LogP contribution in [-0.4, -0.2) is 22.3 Å². The predicted molar refractivity (Wildman–Crippen MR) is 88.4 cm³/mol. The molecular weight excluding hydrogens is 264 g/mol. The highest BCUT2D eigenvalue weighted by Gasteiger charge is 1.97. The molecule has 0 rings (SSSR count). The Kier molecular flexibility index (Phi) is 14.5. The van der Waals surface area contributed by atoms with Crippen LogP contribution in [0.1, 0.15) is 77.6 Å². The first kappa shape index (κ1) is 19.9. The fourth-order valence-corrected chi connectivity index (χ4v) is 2.14. The highest BCUT2D eigenvalue weighted by Crippen LogP contribution is 2.08. The maximum Gasteiger partial charge on any atom is 0.303 e. The van der Waals surface area contributed by atoms with E-state index in [4.69, 9.17) is 5.11 Å². The monoisotopic (exact) mass is 296 g/mol. The lowest BCUT2D eigenvalue weighted by Crippen LogP contribution is -2.00. The SMILES string of the molecule is CCCCC[C@H](O)/C=C/C=CCCCCCCCC(=O)O. The third-order valence-electron chi connectivity index (χ3n) is 3.45. The Morgan fingerprint density at radius 3 is 2.43 bits per heavy atom. The van der Waals surface area contributed by atoms with Gasteiger partial charge in [-0.15, -0.1) is 0 Å². The molecule has 0 radical (unpaired) electrons. The number of allylic oxidation sites excluding steroid dienone is 3. The normalized spacial score (nSPS) is 13.2. The Labute approximate surface area is 129 Å². The van der Waals surface area contributed by atoms with Crippen LogP contribution in [-0.2, 0) is 4.79 Å². The van der Waals surface area contributed by atoms with Crippen molar-refractivity contribution in [2.75, 3.05) is 0 Å². The fourth-order valence-electron chi connectivity index (χ4n) is 2.14. The van der Waals surface area contributed by atoms with E-state index >= 15 is 0 Å². The molecule has 0 fully saturated rings. The Balaban J connectivity index is 3.37. The van der Waals surface area contributed by atoms with E-state index in [1.165, 1.54) is 12.8 Å². The number of hydrogen-bond acceptors (Lipinski definition) is 2. The zero-order chi connectivity index (χ0) is 15.8. The lowest BCUT2D eigenvalue weighted by atomic mass is 10.1. The van der Waals surface area contributed by atoms with Crippen LogP contribution in [0, 0.1) is 0 Å². The maximum atomic E-state index is 10.3. The van der Waals surface area contributed by atoms with Crippen molar-refractivity contribution in [1.29, 1.82) is 0 Å². The van der Waals surface area contributed by atoms with E-state index in [-0.39, 0.29) is 6.10 Å². The molecule has 0 unspecified atom stereocenters. The van der Waals surface area contributed by atoms with Crippen molar-refractivity contribution in [1.82, 2.24) is 0 Å². The Hall–Kier alpha value is -1.09. The van der Waals surface area contributed by atoms with Crippen molar-refractivity contribution in [3.8, 4) is 0 Å². The largest absolute Gasteiger partial charge is 0.481 e.